The number of nitrogens with zero attached hydrogens (tertiary/aromatic N) is 4. The molecule has 5 heterocycles. The van der Waals surface area contributed by atoms with Gasteiger partial charge in [-0.05, 0) is 84.5 Å². The van der Waals surface area contributed by atoms with Crippen molar-refractivity contribution in [2.75, 3.05) is 5.73 Å². The van der Waals surface area contributed by atoms with E-state index in [9.17, 15) is 0 Å². The molecule has 6 heteroatoms. The molecule has 0 fully saturated rings. The van der Waals surface area contributed by atoms with Gasteiger partial charge >= 0.3 is 0 Å². The molecule has 0 saturated heterocycles. The van der Waals surface area contributed by atoms with Gasteiger partial charge in [-0.3, -0.25) is 0 Å². The fraction of sp³-hybridized carbons (Fsp3) is 0. The van der Waals surface area contributed by atoms with Crippen LogP contribution in [-0.2, 0) is 17.1 Å². The number of hydrogen-bond acceptors (Lipinski definition) is 5. The molecule has 1 aromatic rings. The van der Waals surface area contributed by atoms with E-state index in [4.69, 9.17) is 20.7 Å². The summed E-state index contributed by atoms with van der Waals surface area (Å²) >= 11 is 0. The van der Waals surface area contributed by atoms with E-state index < -0.39 is 0 Å². The van der Waals surface area contributed by atoms with E-state index in [0.717, 1.165) is 62.5 Å². The maximum absolute atomic E-state index is 5.88. The van der Waals surface area contributed by atoms with Gasteiger partial charge in [0.2, 0.25) is 0 Å². The fourth-order valence-electron chi connectivity index (χ4n) is 3.79. The van der Waals surface area contributed by atoms with Gasteiger partial charge in [0.1, 0.15) is 0 Å². The molecule has 0 spiro atoms. The second-order valence-corrected chi connectivity index (χ2v) is 7.56. The average molecular weight is 463 g/mol. The Kier molecular flexibility index (Phi) is 5.02. The molecule has 1 aromatic carbocycles. The summed E-state index contributed by atoms with van der Waals surface area (Å²) in [7, 11) is 0. The monoisotopic (exact) mass is 462 g/mol. The third kappa shape index (κ3) is 3.89. The first-order chi connectivity index (χ1) is 15.2. The predicted molar refractivity (Wildman–Crippen MR) is 128 cm³/mol. The van der Waals surface area contributed by atoms with Gasteiger partial charge in [0.25, 0.3) is 0 Å². The van der Waals surface area contributed by atoms with Crippen molar-refractivity contribution < 1.29 is 17.1 Å². The van der Waals surface area contributed by atoms with Crippen LogP contribution in [0.4, 0.5) is 5.69 Å². The van der Waals surface area contributed by atoms with Gasteiger partial charge in [0.15, 0.2) is 0 Å². The molecular weight excluding hydrogens is 446 g/mol. The van der Waals surface area contributed by atoms with Gasteiger partial charge < -0.3 is 5.73 Å². The zero-order valence-electron chi connectivity index (χ0n) is 16.8. The largest absolute Gasteiger partial charge is 0.399 e. The summed E-state index contributed by atoms with van der Waals surface area (Å²) < 4.78 is 0. The molecule has 157 valence electrons. The molecule has 0 aromatic heterocycles. The summed E-state index contributed by atoms with van der Waals surface area (Å²) in [6.45, 7) is 0. The van der Waals surface area contributed by atoms with E-state index in [1.54, 1.807) is 0 Å². The van der Waals surface area contributed by atoms with E-state index in [0.29, 0.717) is 0 Å². The fourth-order valence-corrected chi connectivity index (χ4v) is 3.79. The molecule has 5 aliphatic heterocycles. The molecule has 1 radical (unpaired) electrons. The topological polar surface area (TPSA) is 75.5 Å². The summed E-state index contributed by atoms with van der Waals surface area (Å²) in [5.41, 5.74) is 15.6. The molecule has 2 N–H and O–H groups in total. The quantitative estimate of drug-likeness (QED) is 0.477. The van der Waals surface area contributed by atoms with Crippen molar-refractivity contribution in [3.8, 4) is 0 Å². The zero-order valence-corrected chi connectivity index (χ0v) is 17.8. The first-order valence-electron chi connectivity index (χ1n) is 10.0. The van der Waals surface area contributed by atoms with Crippen LogP contribution in [0.15, 0.2) is 134 Å². The molecule has 0 aliphatic carbocycles. The van der Waals surface area contributed by atoms with Gasteiger partial charge in [-0.15, -0.1) is 0 Å². The molecule has 0 amide bonds. The van der Waals surface area contributed by atoms with Gasteiger partial charge in [0, 0.05) is 28.3 Å². The summed E-state index contributed by atoms with van der Waals surface area (Å²) in [6, 6.07) is 7.83. The summed E-state index contributed by atoms with van der Waals surface area (Å²) in [5.74, 6) is 0. The number of nitrogens with two attached hydrogens (primary N) is 1. The van der Waals surface area contributed by atoms with Crippen molar-refractivity contribution in [1.29, 1.82) is 0 Å². The predicted octanol–water partition coefficient (Wildman–Crippen LogP) is 4.69. The molecule has 0 unspecified atom stereocenters. The van der Waals surface area contributed by atoms with Crippen molar-refractivity contribution in [3.05, 3.63) is 119 Å². The van der Waals surface area contributed by atoms with Crippen LogP contribution in [0.1, 0.15) is 5.56 Å². The second-order valence-electron chi connectivity index (χ2n) is 7.56. The Morgan fingerprint density at radius 1 is 0.500 bits per heavy atom. The van der Waals surface area contributed by atoms with Crippen molar-refractivity contribution in [2.45, 2.75) is 0 Å². The molecule has 5 aliphatic rings. The molecule has 5 nitrogen and oxygen atoms in total. The number of hydrogen-bond donors (Lipinski definition) is 1. The molecular formula is C26H17CuN5. The van der Waals surface area contributed by atoms with E-state index in [1.165, 1.54) is 0 Å². The van der Waals surface area contributed by atoms with Gasteiger partial charge in [0.05, 0.1) is 45.6 Å². The van der Waals surface area contributed by atoms with Crippen LogP contribution < -0.4 is 5.73 Å². The summed E-state index contributed by atoms with van der Waals surface area (Å²) in [4.78, 5) is 18.9. The number of fused-ring (bicyclic) bond motifs is 4. The molecule has 8 bridgehead atoms. The van der Waals surface area contributed by atoms with Crippen LogP contribution >= 0.6 is 0 Å². The van der Waals surface area contributed by atoms with Crippen LogP contribution in [0.3, 0.4) is 0 Å². The summed E-state index contributed by atoms with van der Waals surface area (Å²) in [5, 5.41) is 0. The Morgan fingerprint density at radius 2 is 1.00 bits per heavy atom. The van der Waals surface area contributed by atoms with Crippen LogP contribution in [0.5, 0.6) is 0 Å². The molecule has 0 atom stereocenters. The number of benzene rings is 1. The Bertz CT molecular complexity index is 1400. The number of nitrogen functional groups attached to an aromatic ring is 1. The number of aliphatic imine (C=N–C) groups is 4. The number of rotatable bonds is 1. The van der Waals surface area contributed by atoms with E-state index in [2.05, 4.69) is 11.1 Å². The zero-order chi connectivity index (χ0) is 20.8. The van der Waals surface area contributed by atoms with Crippen LogP contribution in [0.2, 0.25) is 0 Å². The maximum atomic E-state index is 5.88. The smallest absolute Gasteiger partial charge is 0.0737 e. The Balaban J connectivity index is 0.00000216. The summed E-state index contributed by atoms with van der Waals surface area (Å²) in [6.07, 6.45) is 22.0. The first kappa shape index (κ1) is 20.1. The van der Waals surface area contributed by atoms with E-state index in [-0.39, 0.29) is 17.1 Å². The van der Waals surface area contributed by atoms with Crippen LogP contribution in [0.25, 0.3) is 5.57 Å². The van der Waals surface area contributed by atoms with Crippen molar-refractivity contribution >= 4 is 34.1 Å². The minimum atomic E-state index is 0. The minimum Gasteiger partial charge on any atom is -0.399 e. The molecule has 0 saturated carbocycles. The van der Waals surface area contributed by atoms with Crippen LogP contribution in [0, 0.1) is 0 Å². The Labute approximate surface area is 196 Å². The van der Waals surface area contributed by atoms with E-state index in [1.807, 2.05) is 85.0 Å². The number of anilines is 1. The van der Waals surface area contributed by atoms with Gasteiger partial charge in [-0.25, -0.2) is 20.0 Å². The SMILES string of the molecule is Nc1ccc(C2=CC3=NC2=CC2=NC(=CC4=NC(=CC5=NC(=C3)C=C5)C=C4)C=C2)cc1.[Cu]. The Morgan fingerprint density at radius 3 is 1.56 bits per heavy atom. The van der Waals surface area contributed by atoms with Crippen molar-refractivity contribution in [2.24, 2.45) is 20.0 Å². The van der Waals surface area contributed by atoms with Gasteiger partial charge in [-0.1, -0.05) is 12.1 Å². The molecule has 6 rings (SSSR count). The normalized spacial score (nSPS) is 19.8. The first-order valence-corrected chi connectivity index (χ1v) is 10.0. The minimum absolute atomic E-state index is 0. The van der Waals surface area contributed by atoms with Crippen molar-refractivity contribution in [1.82, 2.24) is 0 Å². The third-order valence-electron chi connectivity index (χ3n) is 5.26. The van der Waals surface area contributed by atoms with Crippen molar-refractivity contribution in [3.63, 3.8) is 0 Å². The van der Waals surface area contributed by atoms with Gasteiger partial charge in [-0.2, -0.15) is 0 Å². The third-order valence-corrected chi connectivity index (χ3v) is 5.26. The average Bonchev–Trinajstić information content (AvgIpc) is 3.54. The maximum Gasteiger partial charge on any atom is 0.0737 e. The Hall–Kier alpha value is -3.86. The standard InChI is InChI=1S/C26H17N5.Cu/c27-17-3-1-16(2-4-17)25-14-24-13-22-8-7-20(29-22)11-18-5-6-19(28-18)12-21-9-10-23(30-21)15-26(25)31-24;/h1-15H,27H2;. The second kappa shape index (κ2) is 8.00. The number of allylic oxidation sites excluding steroid dienone is 12. The van der Waals surface area contributed by atoms with E-state index >= 15 is 0 Å². The molecule has 32 heavy (non-hydrogen) atoms. The van der Waals surface area contributed by atoms with Crippen LogP contribution in [-0.4, -0.2) is 22.8 Å².